The first-order chi connectivity index (χ1) is 6.22. The number of nitriles is 1. The van der Waals surface area contributed by atoms with Crippen molar-refractivity contribution in [3.8, 4) is 6.07 Å². The predicted octanol–water partition coefficient (Wildman–Crippen LogP) is 1.22. The average molecular weight is 172 g/mol. The Morgan fingerprint density at radius 2 is 2.23 bits per heavy atom. The van der Waals surface area contributed by atoms with E-state index in [-0.39, 0.29) is 0 Å². The van der Waals surface area contributed by atoms with Crippen molar-refractivity contribution < 1.29 is 0 Å². The summed E-state index contributed by atoms with van der Waals surface area (Å²) in [6, 6.07) is 2.04. The van der Waals surface area contributed by atoms with E-state index in [1.54, 1.807) is 6.20 Å². The maximum atomic E-state index is 8.67. The summed E-state index contributed by atoms with van der Waals surface area (Å²) in [6.07, 6.45) is 3.28. The normalized spacial score (nSPS) is 10.2. The van der Waals surface area contributed by atoms with Gasteiger partial charge in [-0.25, -0.2) is 9.97 Å². The molecule has 0 atom stereocenters. The van der Waals surface area contributed by atoms with Gasteiger partial charge in [0.1, 0.15) is 6.07 Å². The van der Waals surface area contributed by atoms with E-state index in [4.69, 9.17) is 5.26 Å². The number of hydrogen-bond acceptors (Lipinski definition) is 3. The lowest BCUT2D eigenvalue weighted by Gasteiger charge is -1.94. The van der Waals surface area contributed by atoms with Gasteiger partial charge in [-0.1, -0.05) is 0 Å². The zero-order valence-electron chi connectivity index (χ0n) is 7.44. The summed E-state index contributed by atoms with van der Waals surface area (Å²) >= 11 is 0. The lowest BCUT2D eigenvalue weighted by atomic mass is 10.3. The van der Waals surface area contributed by atoms with Gasteiger partial charge in [-0.15, -0.1) is 0 Å². The third-order valence-electron chi connectivity index (χ3n) is 2.08. The maximum Gasteiger partial charge on any atom is 0.234 e. The summed E-state index contributed by atoms with van der Waals surface area (Å²) in [7, 11) is 0. The molecule has 0 saturated heterocycles. The molecule has 0 radical (unpaired) electrons. The van der Waals surface area contributed by atoms with Crippen molar-refractivity contribution in [1.82, 2.24) is 14.4 Å². The second-order valence-electron chi connectivity index (χ2n) is 2.91. The van der Waals surface area contributed by atoms with Crippen LogP contribution in [0.1, 0.15) is 17.0 Å². The van der Waals surface area contributed by atoms with E-state index >= 15 is 0 Å². The summed E-state index contributed by atoms with van der Waals surface area (Å²) < 4.78 is 1.83. The summed E-state index contributed by atoms with van der Waals surface area (Å²) in [5, 5.41) is 8.67. The lowest BCUT2D eigenvalue weighted by Crippen LogP contribution is -1.91. The van der Waals surface area contributed by atoms with Crippen LogP contribution >= 0.6 is 0 Å². The molecule has 0 aromatic carbocycles. The van der Waals surface area contributed by atoms with Crippen molar-refractivity contribution >= 4 is 5.78 Å². The van der Waals surface area contributed by atoms with E-state index in [0.717, 1.165) is 11.4 Å². The third-order valence-corrected chi connectivity index (χ3v) is 2.08. The molecule has 0 unspecified atom stereocenters. The largest absolute Gasteiger partial charge is 0.287 e. The van der Waals surface area contributed by atoms with Gasteiger partial charge < -0.3 is 0 Å². The number of fused-ring (bicyclic) bond motifs is 1. The molecule has 4 heteroatoms. The Balaban J connectivity index is 2.84. The van der Waals surface area contributed by atoms with Gasteiger partial charge in [0.25, 0.3) is 0 Å². The van der Waals surface area contributed by atoms with Crippen LogP contribution in [-0.2, 0) is 0 Å². The van der Waals surface area contributed by atoms with Gasteiger partial charge in [-0.2, -0.15) is 5.26 Å². The Bertz CT molecular complexity index is 504. The molecule has 2 aromatic heterocycles. The molecule has 2 heterocycles. The fourth-order valence-corrected chi connectivity index (χ4v) is 1.21. The monoisotopic (exact) mass is 172 g/mol. The van der Waals surface area contributed by atoms with Crippen LogP contribution in [0.2, 0.25) is 0 Å². The zero-order chi connectivity index (χ0) is 9.42. The van der Waals surface area contributed by atoms with Crippen LogP contribution in [-0.4, -0.2) is 14.4 Å². The molecule has 0 saturated carbocycles. The first-order valence-corrected chi connectivity index (χ1v) is 3.94. The maximum absolute atomic E-state index is 8.67. The Kier molecular flexibility index (Phi) is 1.52. The molecule has 2 rings (SSSR count). The van der Waals surface area contributed by atoms with Gasteiger partial charge in [0.05, 0.1) is 17.5 Å². The molecule has 0 aliphatic heterocycles. The Morgan fingerprint density at radius 1 is 1.46 bits per heavy atom. The highest BCUT2D eigenvalue weighted by Crippen LogP contribution is 2.09. The summed E-state index contributed by atoms with van der Waals surface area (Å²) in [4.78, 5) is 8.29. The molecule has 2 aromatic rings. The van der Waals surface area contributed by atoms with Crippen LogP contribution in [0.5, 0.6) is 0 Å². The van der Waals surface area contributed by atoms with E-state index in [9.17, 15) is 0 Å². The van der Waals surface area contributed by atoms with E-state index in [1.165, 1.54) is 6.20 Å². The van der Waals surface area contributed by atoms with Crippen LogP contribution in [0.3, 0.4) is 0 Å². The molecule has 0 spiro atoms. The number of aromatic nitrogens is 3. The summed E-state index contributed by atoms with van der Waals surface area (Å²) in [5.74, 6) is 0.647. The summed E-state index contributed by atoms with van der Waals surface area (Å²) in [6.45, 7) is 3.88. The van der Waals surface area contributed by atoms with Crippen LogP contribution in [0, 0.1) is 25.2 Å². The molecule has 0 amide bonds. The van der Waals surface area contributed by atoms with Crippen LogP contribution < -0.4 is 0 Å². The molecule has 0 aliphatic rings. The number of hydrogen-bond donors (Lipinski definition) is 0. The van der Waals surface area contributed by atoms with E-state index in [0.29, 0.717) is 11.3 Å². The van der Waals surface area contributed by atoms with E-state index < -0.39 is 0 Å². The van der Waals surface area contributed by atoms with Gasteiger partial charge in [-0.3, -0.25) is 4.40 Å². The minimum absolute atomic E-state index is 0.549. The average Bonchev–Trinajstić information content (AvgIpc) is 2.43. The second kappa shape index (κ2) is 2.56. The molecule has 64 valence electrons. The molecular formula is C9H8N4. The van der Waals surface area contributed by atoms with E-state index in [2.05, 4.69) is 9.97 Å². The minimum atomic E-state index is 0.549. The fraction of sp³-hybridized carbons (Fsp3) is 0.222. The highest BCUT2D eigenvalue weighted by Gasteiger charge is 2.04. The Morgan fingerprint density at radius 3 is 2.92 bits per heavy atom. The molecule has 0 N–H and O–H groups in total. The van der Waals surface area contributed by atoms with Gasteiger partial charge in [-0.05, 0) is 13.8 Å². The van der Waals surface area contributed by atoms with Gasteiger partial charge >= 0.3 is 0 Å². The van der Waals surface area contributed by atoms with Crippen molar-refractivity contribution in [1.29, 1.82) is 5.26 Å². The van der Waals surface area contributed by atoms with Crippen molar-refractivity contribution in [3.63, 3.8) is 0 Å². The number of nitrogens with zero attached hydrogens (tertiary/aromatic N) is 4. The number of imidazole rings is 1. The Hall–Kier alpha value is -1.89. The highest BCUT2D eigenvalue weighted by molar-refractivity contribution is 5.38. The van der Waals surface area contributed by atoms with Crippen molar-refractivity contribution in [2.24, 2.45) is 0 Å². The van der Waals surface area contributed by atoms with Crippen molar-refractivity contribution in [3.05, 3.63) is 29.3 Å². The third kappa shape index (κ3) is 1.05. The molecule has 13 heavy (non-hydrogen) atoms. The SMILES string of the molecule is Cc1nc2ncc(C#N)cn2c1C. The molecular weight excluding hydrogens is 164 g/mol. The fourth-order valence-electron chi connectivity index (χ4n) is 1.21. The molecule has 0 fully saturated rings. The topological polar surface area (TPSA) is 54.0 Å². The Labute approximate surface area is 75.5 Å². The number of aryl methyl sites for hydroxylation is 2. The standard InChI is InChI=1S/C9H8N4/c1-6-7(2)13-5-8(3-10)4-11-9(13)12-6/h4-5H,1-2H3. The van der Waals surface area contributed by atoms with Gasteiger partial charge in [0, 0.05) is 11.9 Å². The first-order valence-electron chi connectivity index (χ1n) is 3.94. The van der Waals surface area contributed by atoms with Crippen LogP contribution in [0.15, 0.2) is 12.4 Å². The second-order valence-corrected chi connectivity index (χ2v) is 2.91. The molecule has 0 bridgehead atoms. The summed E-state index contributed by atoms with van der Waals surface area (Å²) in [5.41, 5.74) is 2.52. The van der Waals surface area contributed by atoms with Crippen molar-refractivity contribution in [2.45, 2.75) is 13.8 Å². The van der Waals surface area contributed by atoms with Crippen molar-refractivity contribution in [2.75, 3.05) is 0 Å². The zero-order valence-corrected chi connectivity index (χ0v) is 7.44. The van der Waals surface area contributed by atoms with Gasteiger partial charge in [0.15, 0.2) is 0 Å². The first kappa shape index (κ1) is 7.74. The van der Waals surface area contributed by atoms with Crippen LogP contribution in [0.4, 0.5) is 0 Å². The van der Waals surface area contributed by atoms with Crippen LogP contribution in [0.25, 0.3) is 5.78 Å². The minimum Gasteiger partial charge on any atom is -0.287 e. The lowest BCUT2D eigenvalue weighted by molar-refractivity contribution is 1.05. The molecule has 4 nitrogen and oxygen atoms in total. The predicted molar refractivity (Wildman–Crippen MR) is 47.2 cm³/mol. The quantitative estimate of drug-likeness (QED) is 0.600. The molecule has 0 aliphatic carbocycles. The highest BCUT2D eigenvalue weighted by atomic mass is 15.1. The van der Waals surface area contributed by atoms with Gasteiger partial charge in [0.2, 0.25) is 5.78 Å². The number of rotatable bonds is 0. The van der Waals surface area contributed by atoms with E-state index in [1.807, 2.05) is 24.3 Å². The smallest absolute Gasteiger partial charge is 0.234 e.